The molecule has 1 aromatic heterocycles. The first-order valence-electron chi connectivity index (χ1n) is 6.81. The molecule has 1 aliphatic rings. The zero-order valence-corrected chi connectivity index (χ0v) is 13.9. The summed E-state index contributed by atoms with van der Waals surface area (Å²) in [7, 11) is 1.40. The number of amides is 3. The monoisotopic (exact) mass is 326 g/mol. The molecule has 3 amide bonds. The van der Waals surface area contributed by atoms with Crippen LogP contribution in [-0.2, 0) is 19.7 Å². The van der Waals surface area contributed by atoms with Gasteiger partial charge in [-0.15, -0.1) is 10.2 Å². The number of carbonyl (C=O) groups is 3. The Kier molecular flexibility index (Phi) is 4.19. The topological polar surface area (TPSA) is 92.7 Å². The van der Waals surface area contributed by atoms with Gasteiger partial charge in [-0.05, 0) is 0 Å². The van der Waals surface area contributed by atoms with Crippen LogP contribution in [0.3, 0.4) is 0 Å². The molecule has 0 saturated carbocycles. The lowest BCUT2D eigenvalue weighted by molar-refractivity contribution is -0.159. The van der Waals surface area contributed by atoms with Crippen molar-refractivity contribution in [3.05, 3.63) is 5.01 Å². The minimum Gasteiger partial charge on any atom is -0.432 e. The second-order valence-corrected chi connectivity index (χ2v) is 6.86. The van der Waals surface area contributed by atoms with Gasteiger partial charge in [0.2, 0.25) is 5.13 Å². The Balaban J connectivity index is 2.28. The number of carbonyl (C=O) groups excluding carboxylic acids is 3. The highest BCUT2D eigenvalue weighted by Gasteiger charge is 2.48. The summed E-state index contributed by atoms with van der Waals surface area (Å²) in [4.78, 5) is 38.0. The van der Waals surface area contributed by atoms with E-state index in [4.69, 9.17) is 4.74 Å². The van der Waals surface area contributed by atoms with E-state index in [0.717, 1.165) is 9.80 Å². The molecule has 0 N–H and O–H groups in total. The van der Waals surface area contributed by atoms with Gasteiger partial charge in [0.15, 0.2) is 0 Å². The van der Waals surface area contributed by atoms with E-state index in [9.17, 15) is 14.4 Å². The number of ether oxygens (including phenoxy) is 1. The lowest BCUT2D eigenvalue weighted by atomic mass is 9.98. The predicted octanol–water partition coefficient (Wildman–Crippen LogP) is 1.51. The lowest BCUT2D eigenvalue weighted by Gasteiger charge is -2.15. The van der Waals surface area contributed by atoms with Crippen LogP contribution in [0.5, 0.6) is 0 Å². The Morgan fingerprint density at radius 1 is 1.32 bits per heavy atom. The van der Waals surface area contributed by atoms with E-state index in [0.29, 0.717) is 5.01 Å². The molecule has 0 aliphatic carbocycles. The first kappa shape index (κ1) is 16.3. The van der Waals surface area contributed by atoms with E-state index >= 15 is 0 Å². The number of likely N-dealkylation sites (N-methyl/N-ethyl adjacent to an activating group) is 1. The van der Waals surface area contributed by atoms with Crippen molar-refractivity contribution in [2.75, 3.05) is 11.9 Å². The molecule has 2 rings (SSSR count). The zero-order valence-electron chi connectivity index (χ0n) is 13.1. The summed E-state index contributed by atoms with van der Waals surface area (Å²) in [6.07, 6.45) is -1.12. The van der Waals surface area contributed by atoms with Gasteiger partial charge in [0.25, 0.3) is 12.1 Å². The van der Waals surface area contributed by atoms with E-state index in [2.05, 4.69) is 10.2 Å². The number of hydrogen-bond acceptors (Lipinski definition) is 7. The van der Waals surface area contributed by atoms with Gasteiger partial charge in [0.05, 0.1) is 0 Å². The fourth-order valence-corrected chi connectivity index (χ4v) is 2.65. The Labute approximate surface area is 132 Å². The van der Waals surface area contributed by atoms with Crippen LogP contribution in [0.15, 0.2) is 0 Å². The van der Waals surface area contributed by atoms with Gasteiger partial charge in [0, 0.05) is 18.9 Å². The Morgan fingerprint density at radius 2 is 1.95 bits per heavy atom. The maximum atomic E-state index is 12.4. The van der Waals surface area contributed by atoms with Crippen molar-refractivity contribution in [3.8, 4) is 0 Å². The van der Waals surface area contributed by atoms with Crippen LogP contribution >= 0.6 is 11.3 Å². The molecule has 0 spiro atoms. The van der Waals surface area contributed by atoms with Crippen LogP contribution in [-0.4, -0.2) is 46.3 Å². The third kappa shape index (κ3) is 2.80. The molecule has 2 heterocycles. The van der Waals surface area contributed by atoms with Gasteiger partial charge >= 0.3 is 12.0 Å². The lowest BCUT2D eigenvalue weighted by Crippen LogP contribution is -2.35. The summed E-state index contributed by atoms with van der Waals surface area (Å²) < 4.78 is 5.01. The number of anilines is 1. The number of aromatic nitrogens is 2. The molecule has 1 fully saturated rings. The molecule has 1 atom stereocenters. The molecule has 120 valence electrons. The van der Waals surface area contributed by atoms with Gasteiger partial charge in [-0.2, -0.15) is 4.90 Å². The highest BCUT2D eigenvalue weighted by Crippen LogP contribution is 2.32. The molecule has 9 heteroatoms. The molecule has 0 radical (unpaired) electrons. The number of nitrogens with zero attached hydrogens (tertiary/aromatic N) is 4. The number of esters is 1. The Hall–Kier alpha value is -2.03. The van der Waals surface area contributed by atoms with Crippen molar-refractivity contribution in [1.29, 1.82) is 0 Å². The number of hydrogen-bond donors (Lipinski definition) is 0. The van der Waals surface area contributed by atoms with Gasteiger partial charge < -0.3 is 4.74 Å². The van der Waals surface area contributed by atoms with Crippen LogP contribution < -0.4 is 4.90 Å². The molecule has 0 aromatic carbocycles. The van der Waals surface area contributed by atoms with Crippen molar-refractivity contribution < 1.29 is 19.1 Å². The molecule has 1 unspecified atom stereocenters. The summed E-state index contributed by atoms with van der Waals surface area (Å²) >= 11 is 1.17. The largest absolute Gasteiger partial charge is 0.432 e. The first-order chi connectivity index (χ1) is 10.2. The summed E-state index contributed by atoms with van der Waals surface area (Å²) in [6.45, 7) is 7.50. The van der Waals surface area contributed by atoms with Crippen molar-refractivity contribution in [1.82, 2.24) is 15.1 Å². The fraction of sp³-hybridized carbons (Fsp3) is 0.615. The summed E-state index contributed by atoms with van der Waals surface area (Å²) in [5.74, 6) is -1.18. The predicted molar refractivity (Wildman–Crippen MR) is 79.4 cm³/mol. The van der Waals surface area contributed by atoms with E-state index in [-0.39, 0.29) is 17.0 Å². The van der Waals surface area contributed by atoms with Gasteiger partial charge in [-0.1, -0.05) is 39.0 Å². The molecule has 22 heavy (non-hydrogen) atoms. The highest BCUT2D eigenvalue weighted by atomic mass is 32.1. The summed E-state index contributed by atoms with van der Waals surface area (Å²) in [6, 6.07) is -0.587. The van der Waals surface area contributed by atoms with Crippen LogP contribution in [0.25, 0.3) is 0 Å². The van der Waals surface area contributed by atoms with Crippen LogP contribution in [0.2, 0.25) is 0 Å². The molecule has 1 saturated heterocycles. The third-order valence-electron chi connectivity index (χ3n) is 3.06. The quantitative estimate of drug-likeness (QED) is 0.617. The first-order valence-corrected chi connectivity index (χ1v) is 7.62. The molecule has 8 nitrogen and oxygen atoms in total. The second-order valence-electron chi connectivity index (χ2n) is 5.90. The number of rotatable bonds is 3. The Morgan fingerprint density at radius 3 is 2.45 bits per heavy atom. The van der Waals surface area contributed by atoms with E-state index in [1.165, 1.54) is 18.4 Å². The molecular weight excluding hydrogens is 308 g/mol. The van der Waals surface area contributed by atoms with E-state index in [1.807, 2.05) is 20.8 Å². The average molecular weight is 326 g/mol. The highest BCUT2D eigenvalue weighted by molar-refractivity contribution is 7.15. The maximum Gasteiger partial charge on any atom is 0.336 e. The maximum absolute atomic E-state index is 12.4. The van der Waals surface area contributed by atoms with E-state index < -0.39 is 24.1 Å². The van der Waals surface area contributed by atoms with Crippen LogP contribution in [0.1, 0.15) is 39.1 Å². The minimum atomic E-state index is -1.25. The average Bonchev–Trinajstić information content (AvgIpc) is 2.99. The van der Waals surface area contributed by atoms with Crippen molar-refractivity contribution >= 4 is 34.4 Å². The van der Waals surface area contributed by atoms with Gasteiger partial charge in [0.1, 0.15) is 5.01 Å². The fourth-order valence-electron chi connectivity index (χ4n) is 1.75. The standard InChI is InChI=1S/C13H18N4O4S/c1-6-7(18)21-9-8(19)17(12(20)16(9)5)11-15-14-10(22-11)13(2,3)4/h9H,6H2,1-5H3. The Bertz CT molecular complexity index is 622. The second kappa shape index (κ2) is 5.64. The van der Waals surface area contributed by atoms with Gasteiger partial charge in [-0.3, -0.25) is 14.5 Å². The van der Waals surface area contributed by atoms with Crippen LogP contribution in [0, 0.1) is 0 Å². The smallest absolute Gasteiger partial charge is 0.336 e. The molecular formula is C13H18N4O4S. The number of urea groups is 1. The normalized spacial score (nSPS) is 19.0. The van der Waals surface area contributed by atoms with Crippen molar-refractivity contribution in [3.63, 3.8) is 0 Å². The number of imide groups is 1. The van der Waals surface area contributed by atoms with Crippen molar-refractivity contribution in [2.45, 2.75) is 45.8 Å². The summed E-state index contributed by atoms with van der Waals surface area (Å²) in [5, 5.41) is 8.83. The molecule has 1 aliphatic heterocycles. The van der Waals surface area contributed by atoms with Crippen molar-refractivity contribution in [2.24, 2.45) is 0 Å². The van der Waals surface area contributed by atoms with Crippen LogP contribution in [0.4, 0.5) is 9.93 Å². The molecule has 1 aromatic rings. The van der Waals surface area contributed by atoms with Gasteiger partial charge in [-0.25, -0.2) is 4.79 Å². The van der Waals surface area contributed by atoms with E-state index in [1.54, 1.807) is 6.92 Å². The third-order valence-corrected chi connectivity index (χ3v) is 4.39. The SMILES string of the molecule is CCC(=O)OC1C(=O)N(c2nnc(C(C)(C)C)s2)C(=O)N1C. The summed E-state index contributed by atoms with van der Waals surface area (Å²) in [5.41, 5.74) is -0.234. The zero-order chi connectivity index (χ0) is 16.7. The minimum absolute atomic E-state index is 0.124. The molecule has 0 bridgehead atoms.